The predicted molar refractivity (Wildman–Crippen MR) is 327 cm³/mol. The molecule has 0 radical (unpaired) electrons. The van der Waals surface area contributed by atoms with Crippen molar-refractivity contribution < 1.29 is 70.3 Å². The zero-order valence-corrected chi connectivity index (χ0v) is 55.1. The van der Waals surface area contributed by atoms with E-state index in [1.807, 2.05) is 34.6 Å². The van der Waals surface area contributed by atoms with Gasteiger partial charge >= 0.3 is 6.18 Å². The highest BCUT2D eigenvalue weighted by Crippen LogP contribution is 2.35. The van der Waals surface area contributed by atoms with Gasteiger partial charge in [0.1, 0.15) is 47.6 Å². The van der Waals surface area contributed by atoms with Crippen molar-refractivity contribution in [3.8, 4) is 0 Å². The second-order valence-corrected chi connectivity index (χ2v) is 26.7. The maximum Gasteiger partial charge on any atom is 0.419 e. The van der Waals surface area contributed by atoms with Gasteiger partial charge in [0.05, 0.1) is 25.2 Å². The van der Waals surface area contributed by atoms with E-state index in [4.69, 9.17) is 0 Å². The summed E-state index contributed by atoms with van der Waals surface area (Å²) in [5, 5.41) is 11.4. The summed E-state index contributed by atoms with van der Waals surface area (Å²) in [4.78, 5) is 167. The number of carbonyl (C=O) groups excluding carboxylic acids is 11. The molecular formula is C64H99F4N11O11. The number of benzene rings is 1. The SMILES string of the molecule is CC[C@H](C)[C@@H]1NC(=O)[C@H](CC(C)C)N(C)C(=O)C[C@@H](C)NC(=O)[C@H](CC(C)C)N(C)C(=O)C2(CCCC2)NC(=O)C2CCN2C(=O)[C@H](CCc2ccc(C(F)(F)F)c(F)c2)NC(=O)CN(C)C(=O)[C@H](CC2CCCCC2)N(C)C(=O)CN(C)C(=O)CN(C)C1=O. The minimum Gasteiger partial charge on any atom is -0.351 e. The van der Waals surface area contributed by atoms with Crippen molar-refractivity contribution in [2.75, 3.05) is 68.5 Å². The van der Waals surface area contributed by atoms with Crippen LogP contribution in [0.4, 0.5) is 17.6 Å². The highest BCUT2D eigenvalue weighted by Gasteiger charge is 2.50. The molecule has 4 fully saturated rings. The average Bonchev–Trinajstić information content (AvgIpc) is 1.37. The predicted octanol–water partition coefficient (Wildman–Crippen LogP) is 4.65. The van der Waals surface area contributed by atoms with E-state index in [2.05, 4.69) is 21.3 Å². The Morgan fingerprint density at radius 3 is 1.74 bits per heavy atom. The lowest BCUT2D eigenvalue weighted by molar-refractivity contribution is -0.153. The number of rotatable bonds is 11. The molecule has 2 aliphatic heterocycles. The largest absolute Gasteiger partial charge is 0.419 e. The van der Waals surface area contributed by atoms with Gasteiger partial charge in [-0.3, -0.25) is 52.7 Å². The molecule has 1 spiro atoms. The first-order valence-corrected chi connectivity index (χ1v) is 32.0. The highest BCUT2D eigenvalue weighted by molar-refractivity contribution is 5.99. The quantitative estimate of drug-likeness (QED) is 0.222. The lowest BCUT2D eigenvalue weighted by Gasteiger charge is -2.44. The van der Waals surface area contributed by atoms with Crippen LogP contribution in [0, 0.1) is 29.5 Å². The molecule has 1 aromatic carbocycles. The molecule has 2 saturated carbocycles. The van der Waals surface area contributed by atoms with Crippen molar-refractivity contribution in [2.24, 2.45) is 23.7 Å². The van der Waals surface area contributed by atoms with Gasteiger partial charge in [-0.15, -0.1) is 0 Å². The molecule has 8 atom stereocenters. The molecular weight excluding hydrogens is 1170 g/mol. The molecule has 90 heavy (non-hydrogen) atoms. The number of amides is 11. The fourth-order valence-electron chi connectivity index (χ4n) is 12.6. The van der Waals surface area contributed by atoms with E-state index in [0.29, 0.717) is 31.4 Å². The molecule has 2 aliphatic carbocycles. The van der Waals surface area contributed by atoms with Crippen molar-refractivity contribution in [1.82, 2.24) is 55.6 Å². The summed E-state index contributed by atoms with van der Waals surface area (Å²) in [7, 11) is 8.47. The number of nitrogens with one attached hydrogen (secondary N) is 4. The Bertz CT molecular complexity index is 2760. The van der Waals surface area contributed by atoms with Crippen LogP contribution in [0.5, 0.6) is 0 Å². The number of alkyl halides is 3. The van der Waals surface area contributed by atoms with Gasteiger partial charge in [0.25, 0.3) is 0 Å². The molecule has 0 bridgehead atoms. The van der Waals surface area contributed by atoms with Crippen LogP contribution in [-0.4, -0.2) is 216 Å². The summed E-state index contributed by atoms with van der Waals surface area (Å²) >= 11 is 0. The molecule has 2 saturated heterocycles. The third-order valence-electron chi connectivity index (χ3n) is 18.5. The fraction of sp³-hybridized carbons (Fsp3) is 0.734. The highest BCUT2D eigenvalue weighted by atomic mass is 19.4. The molecule has 0 aromatic heterocycles. The number of aryl methyl sites for hydroxylation is 1. The van der Waals surface area contributed by atoms with Crippen LogP contribution in [0.25, 0.3) is 0 Å². The van der Waals surface area contributed by atoms with Crippen molar-refractivity contribution in [3.05, 3.63) is 35.1 Å². The topological polar surface area (TPSA) is 259 Å². The van der Waals surface area contributed by atoms with Crippen LogP contribution in [0.3, 0.4) is 0 Å². The maximum absolute atomic E-state index is 15.0. The molecule has 2 heterocycles. The maximum atomic E-state index is 15.0. The van der Waals surface area contributed by atoms with Gasteiger partial charge in [-0.25, -0.2) is 4.39 Å². The lowest BCUT2D eigenvalue weighted by atomic mass is 9.84. The van der Waals surface area contributed by atoms with E-state index in [1.54, 1.807) is 13.8 Å². The normalized spacial score (nSPS) is 26.2. The van der Waals surface area contributed by atoms with Crippen LogP contribution in [0.15, 0.2) is 18.2 Å². The lowest BCUT2D eigenvalue weighted by Crippen LogP contribution is -2.67. The van der Waals surface area contributed by atoms with Gasteiger partial charge in [0, 0.05) is 61.3 Å². The van der Waals surface area contributed by atoms with Gasteiger partial charge < -0.3 is 55.6 Å². The number of hydrogen-bond acceptors (Lipinski definition) is 11. The molecule has 5 rings (SSSR count). The fourth-order valence-corrected chi connectivity index (χ4v) is 12.6. The zero-order chi connectivity index (χ0) is 67.3. The first-order valence-electron chi connectivity index (χ1n) is 32.0. The third-order valence-corrected chi connectivity index (χ3v) is 18.5. The molecule has 4 N–H and O–H groups in total. The Balaban J connectivity index is 1.53. The van der Waals surface area contributed by atoms with E-state index in [-0.39, 0.29) is 87.6 Å². The van der Waals surface area contributed by atoms with Crippen LogP contribution in [0.2, 0.25) is 0 Å². The Morgan fingerprint density at radius 1 is 0.622 bits per heavy atom. The second-order valence-electron chi connectivity index (χ2n) is 26.7. The van der Waals surface area contributed by atoms with Gasteiger partial charge in [-0.1, -0.05) is 99.0 Å². The number of halogens is 4. The zero-order valence-electron chi connectivity index (χ0n) is 55.1. The third kappa shape index (κ3) is 19.3. The molecule has 1 aromatic rings. The van der Waals surface area contributed by atoms with Crippen LogP contribution < -0.4 is 21.3 Å². The minimum absolute atomic E-state index is 0.0174. The molecule has 1 unspecified atom stereocenters. The van der Waals surface area contributed by atoms with Crippen LogP contribution in [-0.2, 0) is 65.3 Å². The molecule has 11 amide bonds. The first-order chi connectivity index (χ1) is 42.1. The van der Waals surface area contributed by atoms with Crippen molar-refractivity contribution in [2.45, 2.75) is 212 Å². The minimum atomic E-state index is -4.99. The molecule has 26 heteroatoms. The van der Waals surface area contributed by atoms with E-state index in [9.17, 15) is 70.3 Å². The standard InChI is InChI=1S/C64H99F4N11O11/c1-14-40(6)55-61(89)75(10)36-53(82)73(8)37-54(83)77(12)50(34-42-20-16-15-17-21-42)60(88)74(9)35-51(80)70-46(25-23-43-22-24-44(45(65)33-43)64(66,67)68)59(87)79-29-26-47(79)58(86)72-63(27-18-19-28-63)62(90)78(13)49(31-39(4)5)56(84)69-41(7)32-52(81)76(11)48(30-38(2)3)57(85)71-55/h22,24,33,38-42,46-50,55H,14-21,23,25-32,34-37H2,1-13H3,(H,69,84)(H,70,80)(H,71,85)(H,72,86)/t40-,41+,46-,47?,48-,49-,50-,55-/m0/s1. The van der Waals surface area contributed by atoms with E-state index < -0.39 is 156 Å². The summed E-state index contributed by atoms with van der Waals surface area (Å²) in [5.41, 5.74) is -2.94. The summed E-state index contributed by atoms with van der Waals surface area (Å²) in [5.74, 6) is -9.27. The Kier molecular flexibility index (Phi) is 26.6. The summed E-state index contributed by atoms with van der Waals surface area (Å²) in [6, 6.07) is -5.55. The van der Waals surface area contributed by atoms with E-state index in [0.717, 1.165) is 52.9 Å². The average molecular weight is 1270 g/mol. The summed E-state index contributed by atoms with van der Waals surface area (Å²) in [6.07, 6.45) is 1.19. The van der Waals surface area contributed by atoms with Crippen molar-refractivity contribution in [3.63, 3.8) is 0 Å². The second kappa shape index (κ2) is 32.4. The van der Waals surface area contributed by atoms with Gasteiger partial charge in [0.2, 0.25) is 65.0 Å². The number of carbonyl (C=O) groups is 11. The number of nitrogens with zero attached hydrogens (tertiary/aromatic N) is 7. The van der Waals surface area contributed by atoms with Gasteiger partial charge in [-0.05, 0) is 99.7 Å². The van der Waals surface area contributed by atoms with Crippen molar-refractivity contribution in [1.29, 1.82) is 0 Å². The Morgan fingerprint density at radius 2 is 1.19 bits per heavy atom. The number of hydrogen-bond donors (Lipinski definition) is 4. The number of likely N-dealkylation sites (N-methyl/N-ethyl adjacent to an activating group) is 6. The van der Waals surface area contributed by atoms with Gasteiger partial charge in [0.15, 0.2) is 0 Å². The summed E-state index contributed by atoms with van der Waals surface area (Å²) < 4.78 is 55.6. The van der Waals surface area contributed by atoms with E-state index >= 15 is 0 Å². The van der Waals surface area contributed by atoms with Crippen LogP contribution >= 0.6 is 0 Å². The smallest absolute Gasteiger partial charge is 0.351 e. The Labute approximate surface area is 528 Å². The van der Waals surface area contributed by atoms with Crippen LogP contribution in [0.1, 0.15) is 162 Å². The first kappa shape index (κ1) is 73.8. The Hall–Kier alpha value is -6.89. The monoisotopic (exact) mass is 1270 g/mol. The van der Waals surface area contributed by atoms with Gasteiger partial charge in [-0.2, -0.15) is 13.2 Å². The van der Waals surface area contributed by atoms with Crippen molar-refractivity contribution >= 4 is 65.0 Å². The molecule has 504 valence electrons. The number of fused-ring (bicyclic) bond motifs is 1. The molecule has 22 nitrogen and oxygen atoms in total. The van der Waals surface area contributed by atoms with E-state index in [1.165, 1.54) is 61.9 Å². The molecule has 4 aliphatic rings. The summed E-state index contributed by atoms with van der Waals surface area (Å²) in [6.45, 7) is 11.1.